The Kier molecular flexibility index (Phi) is 10.2. The standard InChI is InChI=1S/C17H12ClN5O2S.C3H8.CH4O/c1-10-2-3-13(18)12(8-10)15-20-14(25-23-15)9-26-17-22-21-16(24-17)11-4-6-19-7-5-11;1-3-2;1-2/h2-8H,9H2,1H3;3H2,1-2H3;2H,1H3. The second kappa shape index (κ2) is 12.8. The van der Waals surface area contributed by atoms with Crippen LogP contribution in [-0.2, 0) is 5.75 Å². The number of rotatable bonds is 5. The van der Waals surface area contributed by atoms with Gasteiger partial charge in [0.15, 0.2) is 0 Å². The van der Waals surface area contributed by atoms with E-state index in [0.717, 1.165) is 23.8 Å². The quantitative estimate of drug-likeness (QED) is 0.387. The summed E-state index contributed by atoms with van der Waals surface area (Å²) < 4.78 is 10.9. The molecule has 0 aliphatic rings. The van der Waals surface area contributed by atoms with Crippen LogP contribution in [0.25, 0.3) is 22.8 Å². The highest BCUT2D eigenvalue weighted by atomic mass is 35.5. The van der Waals surface area contributed by atoms with Crippen LogP contribution in [0.15, 0.2) is 56.9 Å². The Hall–Kier alpha value is -2.75. The van der Waals surface area contributed by atoms with Gasteiger partial charge in [0, 0.05) is 30.6 Å². The number of thioether (sulfide) groups is 1. The molecule has 0 aliphatic heterocycles. The molecule has 0 spiro atoms. The Morgan fingerprint density at radius 1 is 1.06 bits per heavy atom. The molecule has 0 saturated heterocycles. The molecule has 1 N–H and O–H groups in total. The summed E-state index contributed by atoms with van der Waals surface area (Å²) in [6.07, 6.45) is 4.59. The molecule has 3 heterocycles. The van der Waals surface area contributed by atoms with Crippen LogP contribution in [0.1, 0.15) is 31.7 Å². The van der Waals surface area contributed by atoms with Gasteiger partial charge < -0.3 is 14.0 Å². The maximum atomic E-state index is 7.00. The molecule has 0 bridgehead atoms. The summed E-state index contributed by atoms with van der Waals surface area (Å²) in [4.78, 5) is 8.34. The minimum absolute atomic E-state index is 0.411. The van der Waals surface area contributed by atoms with Gasteiger partial charge in [0.05, 0.1) is 10.8 Å². The zero-order valence-electron chi connectivity index (χ0n) is 17.7. The first-order valence-electron chi connectivity index (χ1n) is 9.51. The van der Waals surface area contributed by atoms with Gasteiger partial charge in [-0.15, -0.1) is 10.2 Å². The lowest BCUT2D eigenvalue weighted by Crippen LogP contribution is -1.85. The second-order valence-corrected chi connectivity index (χ2v) is 7.43. The largest absolute Gasteiger partial charge is 0.411 e. The highest BCUT2D eigenvalue weighted by Gasteiger charge is 2.14. The highest BCUT2D eigenvalue weighted by molar-refractivity contribution is 7.98. The minimum atomic E-state index is 0.411. The smallest absolute Gasteiger partial charge is 0.277 e. The number of hydrogen-bond acceptors (Lipinski definition) is 9. The summed E-state index contributed by atoms with van der Waals surface area (Å²) in [5.41, 5.74) is 2.62. The van der Waals surface area contributed by atoms with Crippen LogP contribution in [0.3, 0.4) is 0 Å². The van der Waals surface area contributed by atoms with Gasteiger partial charge in [0.1, 0.15) is 0 Å². The molecule has 0 atom stereocenters. The van der Waals surface area contributed by atoms with Crippen molar-refractivity contribution in [3.05, 3.63) is 59.2 Å². The molecule has 164 valence electrons. The molecular formula is C21H24ClN5O3S. The SMILES string of the molecule is CCC.CO.Cc1ccc(Cl)c(-c2noc(CSc3nnc(-c4ccncc4)o3)n2)c1. The van der Waals surface area contributed by atoms with Gasteiger partial charge in [0.25, 0.3) is 5.22 Å². The predicted octanol–water partition coefficient (Wildman–Crippen LogP) is 5.46. The van der Waals surface area contributed by atoms with Crippen LogP contribution in [-0.4, -0.2) is 37.5 Å². The van der Waals surface area contributed by atoms with Crippen LogP contribution < -0.4 is 0 Å². The molecule has 1 aromatic carbocycles. The molecule has 0 unspecified atom stereocenters. The van der Waals surface area contributed by atoms with Crippen LogP contribution in [0.5, 0.6) is 0 Å². The van der Waals surface area contributed by atoms with Crippen molar-refractivity contribution in [1.29, 1.82) is 0 Å². The Labute approximate surface area is 190 Å². The fraction of sp³-hybridized carbons (Fsp3) is 0.286. The van der Waals surface area contributed by atoms with E-state index >= 15 is 0 Å². The van der Waals surface area contributed by atoms with Crippen molar-refractivity contribution in [2.75, 3.05) is 7.11 Å². The number of nitrogens with zero attached hydrogens (tertiary/aromatic N) is 5. The van der Waals surface area contributed by atoms with Crippen LogP contribution in [0.4, 0.5) is 0 Å². The first-order chi connectivity index (χ1) is 15.1. The first-order valence-corrected chi connectivity index (χ1v) is 10.9. The van der Waals surface area contributed by atoms with Crippen molar-refractivity contribution < 1.29 is 14.0 Å². The Bertz CT molecular complexity index is 1060. The molecule has 0 fully saturated rings. The number of pyridine rings is 1. The van der Waals surface area contributed by atoms with Crippen molar-refractivity contribution in [3.63, 3.8) is 0 Å². The van der Waals surface area contributed by atoms with Gasteiger partial charge in [-0.1, -0.05) is 60.4 Å². The maximum absolute atomic E-state index is 7.00. The molecule has 0 saturated carbocycles. The van der Waals surface area contributed by atoms with Gasteiger partial charge in [0.2, 0.25) is 17.6 Å². The first kappa shape index (κ1) is 24.5. The summed E-state index contributed by atoms with van der Waals surface area (Å²) in [6, 6.07) is 9.27. The summed E-state index contributed by atoms with van der Waals surface area (Å²) in [5, 5.41) is 20.0. The fourth-order valence-electron chi connectivity index (χ4n) is 2.24. The van der Waals surface area contributed by atoms with E-state index in [1.807, 2.05) is 25.1 Å². The number of halogens is 1. The lowest BCUT2D eigenvalue weighted by atomic mass is 10.1. The normalized spacial score (nSPS) is 10.0. The van der Waals surface area contributed by atoms with E-state index in [2.05, 4.69) is 39.2 Å². The molecule has 0 aliphatic carbocycles. The number of hydrogen-bond donors (Lipinski definition) is 1. The van der Waals surface area contributed by atoms with Crippen molar-refractivity contribution in [1.82, 2.24) is 25.3 Å². The molecule has 8 nitrogen and oxygen atoms in total. The van der Waals surface area contributed by atoms with Gasteiger partial charge in [-0.2, -0.15) is 4.98 Å². The molecule has 3 aromatic heterocycles. The molecule has 4 aromatic rings. The summed E-state index contributed by atoms with van der Waals surface area (Å²) in [6.45, 7) is 6.23. The van der Waals surface area contributed by atoms with E-state index in [1.54, 1.807) is 24.5 Å². The number of aromatic nitrogens is 5. The molecular weight excluding hydrogens is 438 g/mol. The van der Waals surface area contributed by atoms with Gasteiger partial charge in [-0.25, -0.2) is 0 Å². The zero-order valence-corrected chi connectivity index (χ0v) is 19.3. The second-order valence-electron chi connectivity index (χ2n) is 6.10. The van der Waals surface area contributed by atoms with E-state index in [4.69, 9.17) is 25.6 Å². The molecule has 31 heavy (non-hydrogen) atoms. The molecule has 10 heteroatoms. The van der Waals surface area contributed by atoms with Crippen LogP contribution in [0.2, 0.25) is 5.02 Å². The Morgan fingerprint density at radius 3 is 2.48 bits per heavy atom. The molecule has 0 radical (unpaired) electrons. The average Bonchev–Trinajstić information content (AvgIpc) is 3.46. The summed E-state index contributed by atoms with van der Waals surface area (Å²) in [7, 11) is 1.00. The van der Waals surface area contributed by atoms with Gasteiger partial charge in [-0.3, -0.25) is 4.98 Å². The van der Waals surface area contributed by atoms with E-state index in [9.17, 15) is 0 Å². The average molecular weight is 462 g/mol. The van der Waals surface area contributed by atoms with Crippen LogP contribution >= 0.6 is 23.4 Å². The topological polar surface area (TPSA) is 111 Å². The lowest BCUT2D eigenvalue weighted by Gasteiger charge is -1.99. The molecule has 0 amide bonds. The third kappa shape index (κ3) is 7.16. The Morgan fingerprint density at radius 2 is 1.77 bits per heavy atom. The molecule has 4 rings (SSSR count). The minimum Gasteiger partial charge on any atom is -0.411 e. The van der Waals surface area contributed by atoms with Gasteiger partial charge >= 0.3 is 0 Å². The van der Waals surface area contributed by atoms with E-state index in [-0.39, 0.29) is 0 Å². The number of aliphatic hydroxyl groups excluding tert-OH is 1. The van der Waals surface area contributed by atoms with Crippen molar-refractivity contribution >= 4 is 23.4 Å². The summed E-state index contributed by atoms with van der Waals surface area (Å²) in [5.74, 6) is 1.75. The highest BCUT2D eigenvalue weighted by Crippen LogP contribution is 2.29. The van der Waals surface area contributed by atoms with E-state index in [1.165, 1.54) is 18.2 Å². The van der Waals surface area contributed by atoms with Crippen LogP contribution in [0, 0.1) is 6.92 Å². The number of aliphatic hydroxyl groups is 1. The number of aryl methyl sites for hydroxylation is 1. The predicted molar refractivity (Wildman–Crippen MR) is 121 cm³/mol. The van der Waals surface area contributed by atoms with E-state index in [0.29, 0.717) is 33.6 Å². The Balaban J connectivity index is 0.000000630. The van der Waals surface area contributed by atoms with Gasteiger partial charge in [-0.05, 0) is 31.2 Å². The fourth-order valence-corrected chi connectivity index (χ4v) is 3.04. The third-order valence-corrected chi connectivity index (χ3v) is 4.62. The monoisotopic (exact) mass is 461 g/mol. The maximum Gasteiger partial charge on any atom is 0.277 e. The van der Waals surface area contributed by atoms with E-state index < -0.39 is 0 Å². The van der Waals surface area contributed by atoms with Crippen molar-refractivity contribution in [2.45, 2.75) is 38.2 Å². The van der Waals surface area contributed by atoms with Crippen molar-refractivity contribution in [3.8, 4) is 22.8 Å². The third-order valence-electron chi connectivity index (χ3n) is 3.48. The lowest BCUT2D eigenvalue weighted by molar-refractivity contribution is 0.391. The zero-order chi connectivity index (χ0) is 22.6. The van der Waals surface area contributed by atoms with Crippen molar-refractivity contribution in [2.24, 2.45) is 0 Å². The summed E-state index contributed by atoms with van der Waals surface area (Å²) >= 11 is 7.53. The number of benzene rings is 1.